The van der Waals surface area contributed by atoms with Crippen LogP contribution in [0.15, 0.2) is 22.9 Å². The lowest BCUT2D eigenvalue weighted by atomic mass is 10.2. The Morgan fingerprint density at radius 1 is 1.37 bits per heavy atom. The number of carbonyl (C=O) groups excluding carboxylic acids is 2. The van der Waals surface area contributed by atoms with Crippen LogP contribution in [0.4, 0.5) is 0 Å². The fourth-order valence-electron chi connectivity index (χ4n) is 2.08. The van der Waals surface area contributed by atoms with Crippen LogP contribution in [0.5, 0.6) is 0 Å². The maximum Gasteiger partial charge on any atom is 0.340 e. The first-order valence-electron chi connectivity index (χ1n) is 6.22. The van der Waals surface area contributed by atoms with Crippen molar-refractivity contribution in [2.45, 2.75) is 31.7 Å². The van der Waals surface area contributed by atoms with Crippen LogP contribution in [0.1, 0.15) is 36.0 Å². The van der Waals surface area contributed by atoms with Crippen LogP contribution in [0.2, 0.25) is 0 Å². The van der Waals surface area contributed by atoms with Gasteiger partial charge < -0.3 is 10.1 Å². The molecule has 0 aromatic carbocycles. The summed E-state index contributed by atoms with van der Waals surface area (Å²) in [6.45, 7) is -0.248. The van der Waals surface area contributed by atoms with Crippen molar-refractivity contribution in [2.75, 3.05) is 6.61 Å². The predicted octanol–water partition coefficient (Wildman–Crippen LogP) is 2.06. The van der Waals surface area contributed by atoms with Gasteiger partial charge in [-0.25, -0.2) is 4.79 Å². The van der Waals surface area contributed by atoms with E-state index in [9.17, 15) is 9.59 Å². The van der Waals surface area contributed by atoms with E-state index < -0.39 is 5.97 Å². The van der Waals surface area contributed by atoms with E-state index in [2.05, 4.69) is 26.2 Å². The molecule has 1 aromatic rings. The molecule has 1 amide bonds. The van der Waals surface area contributed by atoms with Crippen LogP contribution < -0.4 is 5.32 Å². The summed E-state index contributed by atoms with van der Waals surface area (Å²) in [5.41, 5.74) is 0.322. The molecule has 0 saturated heterocycles. The molecule has 1 saturated carbocycles. The van der Waals surface area contributed by atoms with Gasteiger partial charge in [-0.05, 0) is 34.8 Å². The van der Waals surface area contributed by atoms with Gasteiger partial charge in [0.25, 0.3) is 5.91 Å². The summed E-state index contributed by atoms with van der Waals surface area (Å²) < 4.78 is 5.64. The third-order valence-electron chi connectivity index (χ3n) is 3.00. The molecule has 1 heterocycles. The normalized spacial score (nSPS) is 15.2. The van der Waals surface area contributed by atoms with Crippen LogP contribution in [-0.4, -0.2) is 29.5 Å². The van der Waals surface area contributed by atoms with Crippen molar-refractivity contribution >= 4 is 27.8 Å². The number of nitrogens with zero attached hydrogens (tertiary/aromatic N) is 1. The molecule has 1 aliphatic carbocycles. The number of pyridine rings is 1. The number of aromatic nitrogens is 1. The predicted molar refractivity (Wildman–Crippen MR) is 72.6 cm³/mol. The molecule has 0 radical (unpaired) electrons. The molecule has 102 valence electrons. The van der Waals surface area contributed by atoms with Crippen LogP contribution in [-0.2, 0) is 9.53 Å². The molecule has 1 aromatic heterocycles. The van der Waals surface area contributed by atoms with E-state index in [1.807, 2.05) is 0 Å². The lowest BCUT2D eigenvalue weighted by molar-refractivity contribution is -0.124. The van der Waals surface area contributed by atoms with Gasteiger partial charge in [0.15, 0.2) is 6.61 Å². The minimum Gasteiger partial charge on any atom is -0.452 e. The lowest BCUT2D eigenvalue weighted by Crippen LogP contribution is -2.35. The summed E-state index contributed by atoms with van der Waals surface area (Å²) in [5.74, 6) is -0.793. The highest BCUT2D eigenvalue weighted by Gasteiger charge is 2.18. The van der Waals surface area contributed by atoms with Gasteiger partial charge in [0.05, 0.1) is 5.56 Å². The van der Waals surface area contributed by atoms with Gasteiger partial charge >= 0.3 is 5.97 Å². The molecule has 0 unspecified atom stereocenters. The highest BCUT2D eigenvalue weighted by atomic mass is 79.9. The zero-order valence-electron chi connectivity index (χ0n) is 10.4. The number of hydrogen-bond donors (Lipinski definition) is 1. The molecule has 6 heteroatoms. The fourth-order valence-corrected chi connectivity index (χ4v) is 2.44. The Hall–Kier alpha value is -1.43. The Labute approximate surface area is 119 Å². The second-order valence-corrected chi connectivity index (χ2v) is 5.43. The Balaban J connectivity index is 1.78. The number of esters is 1. The maximum atomic E-state index is 11.7. The first-order valence-corrected chi connectivity index (χ1v) is 7.01. The van der Waals surface area contributed by atoms with E-state index >= 15 is 0 Å². The molecule has 0 atom stereocenters. The van der Waals surface area contributed by atoms with Gasteiger partial charge in [0.2, 0.25) is 0 Å². The molecular weight excluding hydrogens is 312 g/mol. The second-order valence-electron chi connectivity index (χ2n) is 4.52. The number of hydrogen-bond acceptors (Lipinski definition) is 4. The first kappa shape index (κ1) is 14.0. The molecule has 19 heavy (non-hydrogen) atoms. The lowest BCUT2D eigenvalue weighted by Gasteiger charge is -2.11. The molecule has 1 aliphatic rings. The van der Waals surface area contributed by atoms with E-state index in [0.717, 1.165) is 25.7 Å². The minimum atomic E-state index is -0.546. The minimum absolute atomic E-state index is 0.235. The van der Waals surface area contributed by atoms with Crippen molar-refractivity contribution < 1.29 is 14.3 Å². The molecule has 2 rings (SSSR count). The summed E-state index contributed by atoms with van der Waals surface area (Å²) in [5, 5.41) is 2.86. The Morgan fingerprint density at radius 2 is 2.11 bits per heavy atom. The second kappa shape index (κ2) is 6.65. The third-order valence-corrected chi connectivity index (χ3v) is 3.43. The van der Waals surface area contributed by atoms with Crippen molar-refractivity contribution in [3.63, 3.8) is 0 Å². The summed E-state index contributed by atoms with van der Waals surface area (Å²) in [6, 6.07) is 1.84. The fraction of sp³-hybridized carbons (Fsp3) is 0.462. The molecule has 1 N–H and O–H groups in total. The van der Waals surface area contributed by atoms with Crippen LogP contribution >= 0.6 is 15.9 Å². The molecule has 0 aliphatic heterocycles. The number of ether oxygens (including phenoxy) is 1. The van der Waals surface area contributed by atoms with Crippen molar-refractivity contribution in [3.05, 3.63) is 28.5 Å². The van der Waals surface area contributed by atoms with Crippen molar-refractivity contribution in [3.8, 4) is 0 Å². The molecule has 0 bridgehead atoms. The number of amides is 1. The highest BCUT2D eigenvalue weighted by Crippen LogP contribution is 2.17. The molecule has 5 nitrogen and oxygen atoms in total. The number of halogens is 1. The van der Waals surface area contributed by atoms with Gasteiger partial charge in [-0.1, -0.05) is 12.8 Å². The van der Waals surface area contributed by atoms with Crippen molar-refractivity contribution in [2.24, 2.45) is 0 Å². The SMILES string of the molecule is O=C(COC(=O)c1cncc(Br)c1)NC1CCCC1. The van der Waals surface area contributed by atoms with E-state index in [0.29, 0.717) is 10.0 Å². The summed E-state index contributed by atoms with van der Waals surface area (Å²) in [7, 11) is 0. The standard InChI is InChI=1S/C13H15BrN2O3/c14-10-5-9(6-15-7-10)13(18)19-8-12(17)16-11-3-1-2-4-11/h5-7,11H,1-4,8H2,(H,16,17). The number of rotatable bonds is 4. The zero-order valence-corrected chi connectivity index (χ0v) is 12.0. The van der Waals surface area contributed by atoms with E-state index in [1.165, 1.54) is 6.20 Å². The smallest absolute Gasteiger partial charge is 0.340 e. The van der Waals surface area contributed by atoms with Gasteiger partial charge in [0.1, 0.15) is 0 Å². The third kappa shape index (κ3) is 4.31. The average Bonchev–Trinajstić information content (AvgIpc) is 2.88. The highest BCUT2D eigenvalue weighted by molar-refractivity contribution is 9.10. The van der Waals surface area contributed by atoms with E-state index in [1.54, 1.807) is 12.3 Å². The Kier molecular flexibility index (Phi) is 4.90. The van der Waals surface area contributed by atoms with Crippen LogP contribution in [0.25, 0.3) is 0 Å². The maximum absolute atomic E-state index is 11.7. The van der Waals surface area contributed by atoms with Gasteiger partial charge in [0, 0.05) is 22.9 Å². The summed E-state index contributed by atoms with van der Waals surface area (Å²) in [6.07, 6.45) is 7.29. The molecule has 0 spiro atoms. The Bertz CT molecular complexity index is 473. The van der Waals surface area contributed by atoms with Crippen LogP contribution in [0.3, 0.4) is 0 Å². The van der Waals surface area contributed by atoms with Gasteiger partial charge in [-0.3, -0.25) is 9.78 Å². The van der Waals surface area contributed by atoms with Crippen molar-refractivity contribution in [1.82, 2.24) is 10.3 Å². The quantitative estimate of drug-likeness (QED) is 0.860. The molecular formula is C13H15BrN2O3. The monoisotopic (exact) mass is 326 g/mol. The largest absolute Gasteiger partial charge is 0.452 e. The first-order chi connectivity index (χ1) is 9.15. The average molecular weight is 327 g/mol. The van der Waals surface area contributed by atoms with Crippen molar-refractivity contribution in [1.29, 1.82) is 0 Å². The summed E-state index contributed by atoms with van der Waals surface area (Å²) in [4.78, 5) is 27.1. The topological polar surface area (TPSA) is 68.3 Å². The summed E-state index contributed by atoms with van der Waals surface area (Å²) >= 11 is 3.22. The van der Waals surface area contributed by atoms with Gasteiger partial charge in [-0.2, -0.15) is 0 Å². The Morgan fingerprint density at radius 3 is 2.79 bits per heavy atom. The number of carbonyl (C=O) groups is 2. The van der Waals surface area contributed by atoms with E-state index in [4.69, 9.17) is 4.74 Å². The van der Waals surface area contributed by atoms with Crippen LogP contribution in [0, 0.1) is 0 Å². The number of nitrogens with one attached hydrogen (secondary N) is 1. The molecule has 1 fully saturated rings. The zero-order chi connectivity index (χ0) is 13.7. The van der Waals surface area contributed by atoms with E-state index in [-0.39, 0.29) is 18.6 Å². The van der Waals surface area contributed by atoms with Gasteiger partial charge in [-0.15, -0.1) is 0 Å².